The number of hydrogen-bond acceptors (Lipinski definition) is 3. The van der Waals surface area contributed by atoms with Crippen LogP contribution >= 0.6 is 43.2 Å². The third-order valence-electron chi connectivity index (χ3n) is 1.54. The summed E-state index contributed by atoms with van der Waals surface area (Å²) in [6.45, 7) is 1.22. The molecule has 1 aromatic heterocycles. The van der Waals surface area contributed by atoms with Crippen molar-refractivity contribution in [3.8, 4) is 0 Å². The Balaban J connectivity index is 2.52. The summed E-state index contributed by atoms with van der Waals surface area (Å²) >= 11 is 8.07. The maximum absolute atomic E-state index is 11.5. The summed E-state index contributed by atoms with van der Waals surface area (Å²) in [6.07, 6.45) is 0.805. The summed E-state index contributed by atoms with van der Waals surface area (Å²) in [6, 6.07) is 1.80. The van der Waals surface area contributed by atoms with Gasteiger partial charge in [-0.2, -0.15) is 0 Å². The summed E-state index contributed by atoms with van der Waals surface area (Å²) in [4.78, 5) is 12.2. The highest BCUT2D eigenvalue weighted by Crippen LogP contribution is 2.32. The molecule has 1 aromatic rings. The zero-order valence-electron chi connectivity index (χ0n) is 7.35. The zero-order valence-corrected chi connectivity index (χ0v) is 11.3. The van der Waals surface area contributed by atoms with Crippen molar-refractivity contribution in [1.29, 1.82) is 0 Å². The van der Waals surface area contributed by atoms with Crippen LogP contribution in [-0.2, 0) is 0 Å². The molecular weight excluding hydrogens is 332 g/mol. The molecule has 3 nitrogen and oxygen atoms in total. The summed E-state index contributed by atoms with van der Waals surface area (Å²) in [5.74, 6) is -0.0464. The van der Waals surface area contributed by atoms with Gasteiger partial charge in [0.05, 0.1) is 8.66 Å². The number of halogens is 2. The zero-order chi connectivity index (χ0) is 10.6. The highest BCUT2D eigenvalue weighted by molar-refractivity contribution is 9.13. The van der Waals surface area contributed by atoms with Gasteiger partial charge in [0.1, 0.15) is 0 Å². The van der Waals surface area contributed by atoms with Crippen LogP contribution in [0.4, 0.5) is 0 Å². The monoisotopic (exact) mass is 340 g/mol. The van der Waals surface area contributed by atoms with Crippen LogP contribution in [0.25, 0.3) is 0 Å². The quantitative estimate of drug-likeness (QED) is 0.826. The molecule has 0 aromatic carbocycles. The molecule has 3 N–H and O–H groups in total. The molecule has 0 saturated carbocycles. The summed E-state index contributed by atoms with van der Waals surface area (Å²) in [5, 5.41) is 2.79. The number of carbonyl (C=O) groups excluding carboxylic acids is 1. The van der Waals surface area contributed by atoms with Gasteiger partial charge in [0, 0.05) is 11.0 Å². The number of nitrogens with one attached hydrogen (secondary N) is 1. The first-order valence-electron chi connectivity index (χ1n) is 4.08. The molecule has 78 valence electrons. The van der Waals surface area contributed by atoms with E-state index >= 15 is 0 Å². The molecule has 0 atom stereocenters. The van der Waals surface area contributed by atoms with Gasteiger partial charge in [0.25, 0.3) is 5.91 Å². The molecule has 0 bridgehead atoms. The highest BCUT2D eigenvalue weighted by Gasteiger charge is 2.10. The van der Waals surface area contributed by atoms with Crippen LogP contribution in [0.3, 0.4) is 0 Å². The average molecular weight is 342 g/mol. The highest BCUT2D eigenvalue weighted by atomic mass is 79.9. The molecule has 1 amide bonds. The molecule has 0 saturated heterocycles. The Labute approximate surface area is 103 Å². The Morgan fingerprint density at radius 2 is 2.29 bits per heavy atom. The SMILES string of the molecule is NCCCNC(=O)c1cc(Br)c(Br)s1. The number of nitrogens with two attached hydrogens (primary N) is 1. The minimum Gasteiger partial charge on any atom is -0.351 e. The van der Waals surface area contributed by atoms with Crippen LogP contribution in [0.5, 0.6) is 0 Å². The van der Waals surface area contributed by atoms with Crippen molar-refractivity contribution in [2.75, 3.05) is 13.1 Å². The van der Waals surface area contributed by atoms with Crippen LogP contribution in [0.1, 0.15) is 16.1 Å². The second-order valence-corrected chi connectivity index (χ2v) is 5.85. The summed E-state index contributed by atoms with van der Waals surface area (Å²) in [7, 11) is 0. The van der Waals surface area contributed by atoms with Crippen molar-refractivity contribution in [1.82, 2.24) is 5.32 Å². The number of thiophene rings is 1. The normalized spacial score (nSPS) is 10.2. The molecule has 0 spiro atoms. The fraction of sp³-hybridized carbons (Fsp3) is 0.375. The number of amides is 1. The van der Waals surface area contributed by atoms with Crippen molar-refractivity contribution < 1.29 is 4.79 Å². The topological polar surface area (TPSA) is 55.1 Å². The molecule has 1 heterocycles. The Hall–Kier alpha value is 0.0900. The lowest BCUT2D eigenvalue weighted by atomic mass is 10.4. The number of rotatable bonds is 4. The van der Waals surface area contributed by atoms with Crippen LogP contribution in [-0.4, -0.2) is 19.0 Å². The van der Waals surface area contributed by atoms with E-state index in [0.717, 1.165) is 14.7 Å². The molecule has 14 heavy (non-hydrogen) atoms. The smallest absolute Gasteiger partial charge is 0.261 e. The Bertz CT molecular complexity index is 308. The van der Waals surface area contributed by atoms with E-state index in [1.54, 1.807) is 6.07 Å². The summed E-state index contributed by atoms with van der Waals surface area (Å²) in [5.41, 5.74) is 5.32. The van der Waals surface area contributed by atoms with Gasteiger partial charge in [0.15, 0.2) is 0 Å². The van der Waals surface area contributed by atoms with E-state index in [0.29, 0.717) is 18.0 Å². The lowest BCUT2D eigenvalue weighted by Crippen LogP contribution is -2.25. The molecular formula is C8H10Br2N2OS. The molecule has 0 aliphatic rings. The van der Waals surface area contributed by atoms with Crippen LogP contribution in [0.2, 0.25) is 0 Å². The number of carbonyl (C=O) groups is 1. The minimum atomic E-state index is -0.0464. The van der Waals surface area contributed by atoms with Crippen molar-refractivity contribution >= 4 is 49.1 Å². The van der Waals surface area contributed by atoms with Gasteiger partial charge in [-0.25, -0.2) is 0 Å². The van der Waals surface area contributed by atoms with E-state index in [1.807, 2.05) is 0 Å². The van der Waals surface area contributed by atoms with Gasteiger partial charge in [0.2, 0.25) is 0 Å². The molecule has 0 radical (unpaired) electrons. The first kappa shape index (κ1) is 12.2. The first-order valence-corrected chi connectivity index (χ1v) is 6.48. The van der Waals surface area contributed by atoms with Gasteiger partial charge in [-0.3, -0.25) is 4.79 Å². The molecule has 0 unspecified atom stereocenters. The fourth-order valence-electron chi connectivity index (χ4n) is 0.850. The Kier molecular flexibility index (Phi) is 5.08. The second-order valence-electron chi connectivity index (χ2n) is 2.63. The van der Waals surface area contributed by atoms with E-state index in [1.165, 1.54) is 11.3 Å². The standard InChI is InChI=1S/C8H10Br2N2OS/c9-5-4-6(14-7(5)10)8(13)12-3-1-2-11/h4H,1-3,11H2,(H,12,13). The van der Waals surface area contributed by atoms with Crippen LogP contribution in [0.15, 0.2) is 14.3 Å². The molecule has 0 aliphatic heterocycles. The third-order valence-corrected chi connectivity index (χ3v) is 4.79. The van der Waals surface area contributed by atoms with Crippen LogP contribution in [0, 0.1) is 0 Å². The van der Waals surface area contributed by atoms with Gasteiger partial charge in [-0.1, -0.05) is 0 Å². The molecule has 0 fully saturated rings. The Morgan fingerprint density at radius 1 is 1.57 bits per heavy atom. The second kappa shape index (κ2) is 5.85. The molecule has 0 aliphatic carbocycles. The maximum atomic E-state index is 11.5. The summed E-state index contributed by atoms with van der Waals surface area (Å²) < 4.78 is 1.84. The van der Waals surface area contributed by atoms with Crippen molar-refractivity contribution in [2.45, 2.75) is 6.42 Å². The minimum absolute atomic E-state index is 0.0464. The van der Waals surface area contributed by atoms with E-state index in [-0.39, 0.29) is 5.91 Å². The lowest BCUT2D eigenvalue weighted by Gasteiger charge is -2.00. The van der Waals surface area contributed by atoms with Gasteiger partial charge < -0.3 is 11.1 Å². The van der Waals surface area contributed by atoms with Crippen molar-refractivity contribution in [3.63, 3.8) is 0 Å². The van der Waals surface area contributed by atoms with E-state index in [9.17, 15) is 4.79 Å². The van der Waals surface area contributed by atoms with E-state index in [4.69, 9.17) is 5.73 Å². The number of hydrogen-bond donors (Lipinski definition) is 2. The Morgan fingerprint density at radius 3 is 2.79 bits per heavy atom. The fourth-order valence-corrected chi connectivity index (χ4v) is 2.80. The maximum Gasteiger partial charge on any atom is 0.261 e. The first-order chi connectivity index (χ1) is 6.65. The average Bonchev–Trinajstić information content (AvgIpc) is 2.47. The van der Waals surface area contributed by atoms with Gasteiger partial charge in [-0.05, 0) is 50.9 Å². The predicted octanol–water partition coefficient (Wildman–Crippen LogP) is 2.35. The van der Waals surface area contributed by atoms with Gasteiger partial charge in [-0.15, -0.1) is 11.3 Å². The van der Waals surface area contributed by atoms with Crippen molar-refractivity contribution in [3.05, 3.63) is 19.2 Å². The lowest BCUT2D eigenvalue weighted by molar-refractivity contribution is 0.0957. The van der Waals surface area contributed by atoms with Crippen molar-refractivity contribution in [2.24, 2.45) is 5.73 Å². The third kappa shape index (κ3) is 3.34. The molecule has 1 rings (SSSR count). The van der Waals surface area contributed by atoms with Gasteiger partial charge >= 0.3 is 0 Å². The predicted molar refractivity (Wildman–Crippen MR) is 65.7 cm³/mol. The largest absolute Gasteiger partial charge is 0.351 e. The van der Waals surface area contributed by atoms with E-state index < -0.39 is 0 Å². The molecule has 6 heteroatoms. The van der Waals surface area contributed by atoms with Crippen LogP contribution < -0.4 is 11.1 Å². The van der Waals surface area contributed by atoms with E-state index in [2.05, 4.69) is 37.2 Å².